The van der Waals surface area contributed by atoms with Crippen LogP contribution in [0.15, 0.2) is 12.4 Å². The Balaban J connectivity index is 2.25. The van der Waals surface area contributed by atoms with Crippen LogP contribution < -0.4 is 4.57 Å². The van der Waals surface area contributed by atoms with Gasteiger partial charge in [0.1, 0.15) is 12.4 Å². The summed E-state index contributed by atoms with van der Waals surface area (Å²) in [5.74, 6) is 2.24. The minimum absolute atomic E-state index is 0.622. The molecule has 0 radical (unpaired) electrons. The van der Waals surface area contributed by atoms with Gasteiger partial charge in [-0.3, -0.25) is 0 Å². The van der Waals surface area contributed by atoms with Crippen molar-refractivity contribution in [2.75, 3.05) is 0 Å². The van der Waals surface area contributed by atoms with Crippen LogP contribution in [0.25, 0.3) is 0 Å². The van der Waals surface area contributed by atoms with Crippen LogP contribution in [0, 0.1) is 0 Å². The Morgan fingerprint density at radius 3 is 1.20 bits per heavy atom. The van der Waals surface area contributed by atoms with Crippen molar-refractivity contribution in [3.05, 3.63) is 18.2 Å². The smallest absolute Gasteiger partial charge is 0.247 e. The maximum absolute atomic E-state index is 3.71. The van der Waals surface area contributed by atoms with E-state index in [0.29, 0.717) is 12.0 Å². The molecule has 2 heteroatoms. The zero-order chi connectivity index (χ0) is 28.9. The summed E-state index contributed by atoms with van der Waals surface area (Å²) < 4.78 is 2.61. The van der Waals surface area contributed by atoms with Gasteiger partial charge >= 0.3 is 0 Å². The average Bonchev–Trinajstić information content (AvgIpc) is 3.45. The predicted molar refractivity (Wildman–Crippen MR) is 179 cm³/mol. The third-order valence-corrected chi connectivity index (χ3v) is 9.39. The van der Waals surface area contributed by atoms with Crippen molar-refractivity contribution in [2.24, 2.45) is 0 Å². The zero-order valence-electron chi connectivity index (χ0n) is 28.3. The largest absolute Gasteiger partial charge is 0.257 e. The molecule has 1 rings (SSSR count). The molecule has 0 saturated heterocycles. The van der Waals surface area contributed by atoms with E-state index in [4.69, 9.17) is 0 Å². The lowest BCUT2D eigenvalue weighted by Gasteiger charge is -2.17. The van der Waals surface area contributed by atoms with E-state index in [1.165, 1.54) is 192 Å². The number of hydrogen-bond donors (Lipinski definition) is 1. The molecule has 0 aromatic carbocycles. The van der Waals surface area contributed by atoms with Crippen molar-refractivity contribution in [3.8, 4) is 0 Å². The molecule has 0 aliphatic rings. The molecule has 0 fully saturated rings. The lowest BCUT2D eigenvalue weighted by Crippen LogP contribution is -2.41. The molecule has 0 saturated carbocycles. The summed E-state index contributed by atoms with van der Waals surface area (Å²) in [6.45, 7) is 9.40. The quantitative estimate of drug-likeness (QED) is 0.0689. The first-order valence-electron chi connectivity index (χ1n) is 18.8. The van der Waals surface area contributed by atoms with Crippen LogP contribution in [0.5, 0.6) is 0 Å². The van der Waals surface area contributed by atoms with Crippen LogP contribution in [0.1, 0.15) is 232 Å². The van der Waals surface area contributed by atoms with Gasteiger partial charge in [-0.2, -0.15) is 0 Å². The topological polar surface area (TPSA) is 19.7 Å². The first-order valence-corrected chi connectivity index (χ1v) is 18.8. The summed E-state index contributed by atoms with van der Waals surface area (Å²) in [5.41, 5.74) is 0. The fraction of sp³-hybridized carbons (Fsp3) is 0.921. The predicted octanol–water partition coefficient (Wildman–Crippen LogP) is 13.3. The van der Waals surface area contributed by atoms with Gasteiger partial charge in [0.05, 0.1) is 12.0 Å². The number of aromatic nitrogens is 2. The lowest BCUT2D eigenvalue weighted by atomic mass is 9.93. The fourth-order valence-electron chi connectivity index (χ4n) is 6.60. The Bertz CT molecular complexity index is 621. The van der Waals surface area contributed by atoms with Crippen LogP contribution in [0.4, 0.5) is 0 Å². The minimum Gasteiger partial charge on any atom is -0.247 e. The number of unbranched alkanes of at least 4 members (excludes halogenated alkanes) is 23. The van der Waals surface area contributed by atoms with E-state index in [-0.39, 0.29) is 0 Å². The second-order valence-electron chi connectivity index (χ2n) is 13.3. The first kappa shape index (κ1) is 37.2. The van der Waals surface area contributed by atoms with Crippen molar-refractivity contribution >= 4 is 0 Å². The number of imidazole rings is 1. The highest BCUT2D eigenvalue weighted by Crippen LogP contribution is 2.27. The van der Waals surface area contributed by atoms with E-state index in [9.17, 15) is 0 Å². The van der Waals surface area contributed by atoms with Gasteiger partial charge in [0.25, 0.3) is 5.82 Å². The van der Waals surface area contributed by atoms with Gasteiger partial charge in [-0.15, -0.1) is 0 Å². The lowest BCUT2D eigenvalue weighted by molar-refractivity contribution is -0.727. The molecule has 2 atom stereocenters. The van der Waals surface area contributed by atoms with Gasteiger partial charge in [-0.1, -0.05) is 181 Å². The zero-order valence-corrected chi connectivity index (χ0v) is 28.3. The molecule has 0 aliphatic heterocycles. The number of H-pyrrole nitrogens is 1. The Hall–Kier alpha value is -0.790. The molecule has 0 aliphatic carbocycles. The third-order valence-electron chi connectivity index (χ3n) is 9.39. The number of nitrogens with one attached hydrogen (secondary N) is 1. The van der Waals surface area contributed by atoms with Crippen molar-refractivity contribution in [2.45, 2.75) is 226 Å². The van der Waals surface area contributed by atoms with Crippen molar-refractivity contribution in [1.29, 1.82) is 0 Å². The standard InChI is InChI=1S/C38H74N2/c1-5-8-11-14-16-17-18-19-20-21-22-23-24-25-27-30-33-37(32-29-13-10-7-3)38-39-34-35-40(38)36(4)31-28-26-15-12-9-6-2/h34-37H,5-33H2,1-4H3/p+1. The number of hydrogen-bond acceptors (Lipinski definition) is 0. The number of aromatic amines is 1. The molecule has 1 aromatic rings. The van der Waals surface area contributed by atoms with Crippen molar-refractivity contribution in [3.63, 3.8) is 0 Å². The maximum atomic E-state index is 3.71. The number of rotatable bonds is 31. The highest BCUT2D eigenvalue weighted by molar-refractivity contribution is 4.90. The summed E-state index contributed by atoms with van der Waals surface area (Å²) in [4.78, 5) is 3.71. The van der Waals surface area contributed by atoms with Gasteiger partial charge < -0.3 is 0 Å². The van der Waals surface area contributed by atoms with Crippen LogP contribution in [0.2, 0.25) is 0 Å². The summed E-state index contributed by atoms with van der Waals surface area (Å²) in [6, 6.07) is 0.622. The van der Waals surface area contributed by atoms with Crippen LogP contribution in [-0.2, 0) is 0 Å². The van der Waals surface area contributed by atoms with Gasteiger partial charge in [0, 0.05) is 0 Å². The van der Waals surface area contributed by atoms with E-state index in [0.717, 1.165) is 0 Å². The van der Waals surface area contributed by atoms with Crippen LogP contribution in [0.3, 0.4) is 0 Å². The van der Waals surface area contributed by atoms with E-state index in [1.807, 2.05) is 0 Å². The molecule has 0 bridgehead atoms. The molecule has 40 heavy (non-hydrogen) atoms. The Morgan fingerprint density at radius 1 is 0.475 bits per heavy atom. The van der Waals surface area contributed by atoms with Gasteiger partial charge in [0.15, 0.2) is 0 Å². The third kappa shape index (κ3) is 20.1. The molecule has 2 nitrogen and oxygen atoms in total. The van der Waals surface area contributed by atoms with Gasteiger partial charge in [-0.05, 0) is 32.6 Å². The number of nitrogens with zero attached hydrogens (tertiary/aromatic N) is 1. The first-order chi connectivity index (χ1) is 19.7. The molecule has 0 spiro atoms. The van der Waals surface area contributed by atoms with Crippen LogP contribution in [-0.4, -0.2) is 4.98 Å². The fourth-order valence-corrected chi connectivity index (χ4v) is 6.60. The summed E-state index contributed by atoms with van der Waals surface area (Å²) >= 11 is 0. The monoisotopic (exact) mass is 560 g/mol. The molecule has 1 heterocycles. The summed E-state index contributed by atoms with van der Waals surface area (Å²) in [6.07, 6.45) is 45.7. The minimum atomic E-state index is 0.622. The molecule has 1 aromatic heterocycles. The SMILES string of the molecule is CCCCCCCCCCCCCCCCCCC(CCCCCC)c1[nH]cc[n+]1C(C)CCCCCCCC. The molecule has 2 unspecified atom stereocenters. The van der Waals surface area contributed by atoms with E-state index >= 15 is 0 Å². The molecular weight excluding hydrogens is 484 g/mol. The highest BCUT2D eigenvalue weighted by Gasteiger charge is 2.25. The summed E-state index contributed by atoms with van der Waals surface area (Å²) in [5, 5.41) is 0. The van der Waals surface area contributed by atoms with Crippen molar-refractivity contribution in [1.82, 2.24) is 4.98 Å². The molecule has 1 N–H and O–H groups in total. The maximum Gasteiger partial charge on any atom is 0.257 e. The Kier molecular flexibility index (Phi) is 26.4. The van der Waals surface area contributed by atoms with Crippen molar-refractivity contribution < 1.29 is 4.57 Å². The normalized spacial score (nSPS) is 13.2. The second-order valence-corrected chi connectivity index (χ2v) is 13.3. The van der Waals surface area contributed by atoms with Gasteiger partial charge in [-0.25, -0.2) is 9.55 Å². The van der Waals surface area contributed by atoms with Gasteiger partial charge in [0.2, 0.25) is 0 Å². The molecular formula is C38H75N2+. The average molecular weight is 560 g/mol. The molecule has 236 valence electrons. The Labute approximate surface area is 253 Å². The van der Waals surface area contributed by atoms with Crippen LogP contribution >= 0.6 is 0 Å². The second kappa shape index (κ2) is 28.3. The summed E-state index contributed by atoms with van der Waals surface area (Å²) in [7, 11) is 0. The Morgan fingerprint density at radius 2 is 0.800 bits per heavy atom. The molecule has 0 amide bonds. The van der Waals surface area contributed by atoms with E-state index < -0.39 is 0 Å². The highest BCUT2D eigenvalue weighted by atomic mass is 15.1. The van der Waals surface area contributed by atoms with E-state index in [2.05, 4.69) is 49.6 Å². The van der Waals surface area contributed by atoms with E-state index in [1.54, 1.807) is 0 Å².